The van der Waals surface area contributed by atoms with Crippen LogP contribution in [0.2, 0.25) is 0 Å². The summed E-state index contributed by atoms with van der Waals surface area (Å²) in [5, 5.41) is -0.341. The van der Waals surface area contributed by atoms with E-state index in [0.29, 0.717) is 16.9 Å². The first-order valence-electron chi connectivity index (χ1n) is 4.73. The summed E-state index contributed by atoms with van der Waals surface area (Å²) in [5.41, 5.74) is 1.52. The van der Waals surface area contributed by atoms with Crippen molar-refractivity contribution in [3.63, 3.8) is 0 Å². The molecule has 1 aliphatic rings. The summed E-state index contributed by atoms with van der Waals surface area (Å²) in [4.78, 5) is 4.94. The van der Waals surface area contributed by atoms with Gasteiger partial charge in [0.1, 0.15) is 0 Å². The highest BCUT2D eigenvalue weighted by Gasteiger charge is 2.35. The van der Waals surface area contributed by atoms with E-state index in [1.54, 1.807) is 13.0 Å². The molecule has 82 valence electrons. The molecule has 1 aliphatic heterocycles. The molecular formula is C10H13NO3S. The van der Waals surface area contributed by atoms with E-state index in [9.17, 15) is 8.42 Å². The van der Waals surface area contributed by atoms with Crippen molar-refractivity contribution in [1.82, 2.24) is 0 Å². The molecule has 0 aliphatic carbocycles. The average Bonchev–Trinajstić information content (AvgIpc) is 2.39. The lowest BCUT2D eigenvalue weighted by molar-refractivity contribution is 0.122. The SMILES string of the molecule is CC1Cc2cccc(CON)c2S1(=O)=O. The van der Waals surface area contributed by atoms with Crippen LogP contribution in [0.5, 0.6) is 0 Å². The Kier molecular flexibility index (Phi) is 2.54. The Hall–Kier alpha value is -0.910. The van der Waals surface area contributed by atoms with Gasteiger partial charge in [0, 0.05) is 0 Å². The van der Waals surface area contributed by atoms with Crippen LogP contribution in [0, 0.1) is 0 Å². The van der Waals surface area contributed by atoms with Crippen molar-refractivity contribution in [1.29, 1.82) is 0 Å². The molecule has 0 saturated carbocycles. The van der Waals surface area contributed by atoms with E-state index < -0.39 is 9.84 Å². The third kappa shape index (κ3) is 1.56. The first-order valence-corrected chi connectivity index (χ1v) is 6.28. The van der Waals surface area contributed by atoms with Crippen molar-refractivity contribution < 1.29 is 13.3 Å². The topological polar surface area (TPSA) is 69.4 Å². The summed E-state index contributed by atoms with van der Waals surface area (Å²) in [6.45, 7) is 1.86. The zero-order chi connectivity index (χ0) is 11.1. The zero-order valence-electron chi connectivity index (χ0n) is 8.43. The molecule has 2 rings (SSSR count). The first kappa shape index (κ1) is 10.6. The van der Waals surface area contributed by atoms with Gasteiger partial charge in [-0.3, -0.25) is 4.84 Å². The number of hydrogen-bond acceptors (Lipinski definition) is 4. The highest BCUT2D eigenvalue weighted by Crippen LogP contribution is 2.33. The third-order valence-electron chi connectivity index (χ3n) is 2.74. The van der Waals surface area contributed by atoms with Crippen molar-refractivity contribution in [2.75, 3.05) is 0 Å². The Morgan fingerprint density at radius 3 is 2.93 bits per heavy atom. The molecule has 0 bridgehead atoms. The number of fused-ring (bicyclic) bond motifs is 1. The molecule has 4 nitrogen and oxygen atoms in total. The molecule has 0 spiro atoms. The molecule has 1 aromatic rings. The minimum atomic E-state index is -3.17. The lowest BCUT2D eigenvalue weighted by Gasteiger charge is -2.06. The van der Waals surface area contributed by atoms with Crippen molar-refractivity contribution in [3.8, 4) is 0 Å². The van der Waals surface area contributed by atoms with Crippen LogP contribution in [0.4, 0.5) is 0 Å². The standard InChI is InChI=1S/C10H13NO3S/c1-7-5-8-3-2-4-9(6-14-11)10(8)15(7,12)13/h2-4,7H,5-6,11H2,1H3. The summed E-state index contributed by atoms with van der Waals surface area (Å²) >= 11 is 0. The van der Waals surface area contributed by atoms with Crippen molar-refractivity contribution >= 4 is 9.84 Å². The van der Waals surface area contributed by atoms with E-state index in [-0.39, 0.29) is 11.9 Å². The molecule has 1 aromatic carbocycles. The summed E-state index contributed by atoms with van der Waals surface area (Å²) in [7, 11) is -3.17. The molecule has 15 heavy (non-hydrogen) atoms. The molecule has 0 amide bonds. The molecule has 5 heteroatoms. The Morgan fingerprint density at radius 1 is 1.53 bits per heavy atom. The van der Waals surface area contributed by atoms with Crippen LogP contribution >= 0.6 is 0 Å². The van der Waals surface area contributed by atoms with Gasteiger partial charge in [0.25, 0.3) is 0 Å². The molecular weight excluding hydrogens is 214 g/mol. The Labute approximate surface area is 88.9 Å². The Balaban J connectivity index is 2.62. The van der Waals surface area contributed by atoms with Crippen molar-refractivity contribution in [2.24, 2.45) is 5.90 Å². The monoisotopic (exact) mass is 227 g/mol. The van der Waals surface area contributed by atoms with Crippen LogP contribution in [-0.4, -0.2) is 13.7 Å². The largest absolute Gasteiger partial charge is 0.300 e. The van der Waals surface area contributed by atoms with Gasteiger partial charge in [-0.05, 0) is 24.5 Å². The van der Waals surface area contributed by atoms with Crippen LogP contribution in [0.1, 0.15) is 18.1 Å². The number of sulfone groups is 1. The maximum absolute atomic E-state index is 12.0. The first-order chi connectivity index (χ1) is 7.07. The van der Waals surface area contributed by atoms with Crippen molar-refractivity contribution in [2.45, 2.75) is 30.1 Å². The average molecular weight is 227 g/mol. The van der Waals surface area contributed by atoms with Crippen LogP contribution in [0.3, 0.4) is 0 Å². The van der Waals surface area contributed by atoms with Gasteiger partial charge in [0.15, 0.2) is 9.84 Å². The van der Waals surface area contributed by atoms with Gasteiger partial charge in [0.2, 0.25) is 0 Å². The fraction of sp³-hybridized carbons (Fsp3) is 0.400. The van der Waals surface area contributed by atoms with Crippen LogP contribution in [0.25, 0.3) is 0 Å². The lowest BCUT2D eigenvalue weighted by Crippen LogP contribution is -2.13. The summed E-state index contributed by atoms with van der Waals surface area (Å²) in [6, 6.07) is 5.42. The quantitative estimate of drug-likeness (QED) is 0.758. The van der Waals surface area contributed by atoms with E-state index in [1.807, 2.05) is 12.1 Å². The van der Waals surface area contributed by atoms with Crippen LogP contribution < -0.4 is 5.90 Å². The minimum absolute atomic E-state index is 0.134. The van der Waals surface area contributed by atoms with Crippen molar-refractivity contribution in [3.05, 3.63) is 29.3 Å². The highest BCUT2D eigenvalue weighted by atomic mass is 32.2. The number of hydrogen-bond donors (Lipinski definition) is 1. The maximum Gasteiger partial charge on any atom is 0.181 e. The smallest absolute Gasteiger partial charge is 0.181 e. The number of rotatable bonds is 2. The fourth-order valence-corrected chi connectivity index (χ4v) is 3.80. The van der Waals surface area contributed by atoms with E-state index in [0.717, 1.165) is 5.56 Å². The van der Waals surface area contributed by atoms with E-state index in [1.165, 1.54) is 0 Å². The van der Waals surface area contributed by atoms with E-state index >= 15 is 0 Å². The lowest BCUT2D eigenvalue weighted by atomic mass is 10.1. The second-order valence-electron chi connectivity index (χ2n) is 3.78. The van der Waals surface area contributed by atoms with E-state index in [2.05, 4.69) is 4.84 Å². The van der Waals surface area contributed by atoms with Crippen LogP contribution in [0.15, 0.2) is 23.1 Å². The fourth-order valence-electron chi connectivity index (χ4n) is 1.99. The zero-order valence-corrected chi connectivity index (χ0v) is 9.25. The molecule has 0 aromatic heterocycles. The van der Waals surface area contributed by atoms with Gasteiger partial charge in [0.05, 0.1) is 16.8 Å². The minimum Gasteiger partial charge on any atom is -0.300 e. The van der Waals surface area contributed by atoms with Gasteiger partial charge >= 0.3 is 0 Å². The van der Waals surface area contributed by atoms with Crippen LogP contribution in [-0.2, 0) is 27.7 Å². The predicted molar refractivity (Wildman–Crippen MR) is 55.8 cm³/mol. The second kappa shape index (κ2) is 3.59. The summed E-state index contributed by atoms with van der Waals surface area (Å²) < 4.78 is 24.0. The summed E-state index contributed by atoms with van der Waals surface area (Å²) in [6.07, 6.45) is 0.579. The molecule has 0 saturated heterocycles. The molecule has 1 heterocycles. The Bertz CT molecular complexity index is 481. The summed E-state index contributed by atoms with van der Waals surface area (Å²) in [5.74, 6) is 4.98. The molecule has 1 atom stereocenters. The van der Waals surface area contributed by atoms with Gasteiger partial charge in [-0.25, -0.2) is 14.3 Å². The van der Waals surface area contributed by atoms with Gasteiger partial charge in [-0.15, -0.1) is 0 Å². The normalized spacial score (nSPS) is 22.7. The molecule has 2 N–H and O–H groups in total. The molecule has 1 unspecified atom stereocenters. The van der Waals surface area contributed by atoms with E-state index in [4.69, 9.17) is 5.90 Å². The number of nitrogens with two attached hydrogens (primary N) is 1. The Morgan fingerprint density at radius 2 is 2.27 bits per heavy atom. The highest BCUT2D eigenvalue weighted by molar-refractivity contribution is 7.92. The molecule has 0 radical (unpaired) electrons. The predicted octanol–water partition coefficient (Wildman–Crippen LogP) is 0.795. The van der Waals surface area contributed by atoms with Gasteiger partial charge in [-0.1, -0.05) is 18.2 Å². The third-order valence-corrected chi connectivity index (χ3v) is 5.06. The second-order valence-corrected chi connectivity index (χ2v) is 6.08. The van der Waals surface area contributed by atoms with Gasteiger partial charge < -0.3 is 0 Å². The van der Waals surface area contributed by atoms with Gasteiger partial charge in [-0.2, -0.15) is 0 Å². The molecule has 0 fully saturated rings. The number of benzene rings is 1. The maximum atomic E-state index is 12.0.